The third-order valence-corrected chi connectivity index (χ3v) is 4.88. The molecule has 1 fully saturated rings. The molecule has 140 valence electrons. The number of aromatic nitrogens is 1. The molecule has 0 radical (unpaired) electrons. The van der Waals surface area contributed by atoms with Gasteiger partial charge in [0.15, 0.2) is 11.7 Å². The van der Waals surface area contributed by atoms with Crippen LogP contribution in [0.3, 0.4) is 0 Å². The fourth-order valence-electron chi connectivity index (χ4n) is 3.17. The lowest BCUT2D eigenvalue weighted by atomic mass is 10.2. The largest absolute Gasteiger partial charge is 0.497 e. The van der Waals surface area contributed by atoms with Gasteiger partial charge in [-0.15, -0.1) is 0 Å². The Morgan fingerprint density at radius 1 is 1.19 bits per heavy atom. The smallest absolute Gasteiger partial charge is 0.223 e. The lowest BCUT2D eigenvalue weighted by molar-refractivity contribution is -0.133. The monoisotopic (exact) mass is 357 g/mol. The second-order valence-electron chi connectivity index (χ2n) is 6.86. The van der Waals surface area contributed by atoms with Crippen LogP contribution in [0, 0.1) is 0 Å². The molecule has 0 bridgehead atoms. The zero-order valence-electron chi connectivity index (χ0n) is 15.8. The predicted molar refractivity (Wildman–Crippen MR) is 100 cm³/mol. The number of methoxy groups -OCH3 is 1. The first-order chi connectivity index (χ1) is 12.6. The highest BCUT2D eigenvalue weighted by Gasteiger charge is 2.22. The van der Waals surface area contributed by atoms with E-state index in [0.29, 0.717) is 30.5 Å². The standard InChI is InChI=1S/C20H27N3O3/c1-15(2)22-10-12-23(13-11-22)20(24)9-8-19-21-14-18(26-19)16-4-6-17(25-3)7-5-16/h4-7,14-15H,8-13H2,1-3H3. The lowest BCUT2D eigenvalue weighted by Crippen LogP contribution is -2.50. The van der Waals surface area contributed by atoms with Crippen LogP contribution in [0.2, 0.25) is 0 Å². The van der Waals surface area contributed by atoms with Crippen LogP contribution >= 0.6 is 0 Å². The van der Waals surface area contributed by atoms with Crippen LogP contribution in [-0.4, -0.2) is 60.0 Å². The first-order valence-corrected chi connectivity index (χ1v) is 9.18. The molecule has 6 nitrogen and oxygen atoms in total. The lowest BCUT2D eigenvalue weighted by Gasteiger charge is -2.36. The number of carbonyl (C=O) groups is 1. The highest BCUT2D eigenvalue weighted by atomic mass is 16.5. The van der Waals surface area contributed by atoms with Gasteiger partial charge in [-0.2, -0.15) is 0 Å². The van der Waals surface area contributed by atoms with Gasteiger partial charge in [0.25, 0.3) is 0 Å². The average molecular weight is 357 g/mol. The van der Waals surface area contributed by atoms with E-state index in [0.717, 1.165) is 37.5 Å². The molecular formula is C20H27N3O3. The molecule has 6 heteroatoms. The van der Waals surface area contributed by atoms with Crippen LogP contribution in [0.25, 0.3) is 11.3 Å². The van der Waals surface area contributed by atoms with Gasteiger partial charge >= 0.3 is 0 Å². The van der Waals surface area contributed by atoms with Crippen molar-refractivity contribution < 1.29 is 13.9 Å². The number of rotatable bonds is 6. The fourth-order valence-corrected chi connectivity index (χ4v) is 3.17. The SMILES string of the molecule is COc1ccc(-c2cnc(CCC(=O)N3CCN(C(C)C)CC3)o2)cc1. The molecule has 1 aliphatic rings. The van der Waals surface area contributed by atoms with Crippen molar-refractivity contribution in [2.75, 3.05) is 33.3 Å². The Balaban J connectivity index is 1.51. The van der Waals surface area contributed by atoms with Gasteiger partial charge < -0.3 is 14.1 Å². The normalized spacial score (nSPS) is 15.5. The van der Waals surface area contributed by atoms with Gasteiger partial charge in [0, 0.05) is 50.6 Å². The van der Waals surface area contributed by atoms with Crippen molar-refractivity contribution >= 4 is 5.91 Å². The predicted octanol–water partition coefficient (Wildman–Crippen LogP) is 2.84. The first-order valence-electron chi connectivity index (χ1n) is 9.18. The Bertz CT molecular complexity index is 716. The number of oxazole rings is 1. The van der Waals surface area contributed by atoms with E-state index in [2.05, 4.69) is 23.7 Å². The van der Waals surface area contributed by atoms with Gasteiger partial charge in [0.1, 0.15) is 5.75 Å². The molecule has 0 atom stereocenters. The number of benzene rings is 1. The van der Waals surface area contributed by atoms with E-state index < -0.39 is 0 Å². The van der Waals surface area contributed by atoms with Crippen molar-refractivity contribution in [1.82, 2.24) is 14.8 Å². The number of nitrogens with zero attached hydrogens (tertiary/aromatic N) is 3. The number of amides is 1. The topological polar surface area (TPSA) is 58.8 Å². The summed E-state index contributed by atoms with van der Waals surface area (Å²) in [5, 5.41) is 0. The van der Waals surface area contributed by atoms with Gasteiger partial charge in [-0.1, -0.05) is 0 Å². The summed E-state index contributed by atoms with van der Waals surface area (Å²) in [5.74, 6) is 2.29. The third-order valence-electron chi connectivity index (χ3n) is 4.88. The van der Waals surface area contributed by atoms with E-state index in [4.69, 9.17) is 9.15 Å². The van der Waals surface area contributed by atoms with Crippen molar-refractivity contribution in [2.24, 2.45) is 0 Å². The fraction of sp³-hybridized carbons (Fsp3) is 0.500. The molecule has 1 aliphatic heterocycles. The Hall–Kier alpha value is -2.34. The minimum Gasteiger partial charge on any atom is -0.497 e. The van der Waals surface area contributed by atoms with E-state index >= 15 is 0 Å². The maximum atomic E-state index is 12.4. The molecule has 1 amide bonds. The maximum Gasteiger partial charge on any atom is 0.223 e. The van der Waals surface area contributed by atoms with Crippen molar-refractivity contribution in [1.29, 1.82) is 0 Å². The summed E-state index contributed by atoms with van der Waals surface area (Å²) in [6, 6.07) is 8.18. The summed E-state index contributed by atoms with van der Waals surface area (Å²) in [6.45, 7) is 7.90. The molecule has 2 aromatic rings. The van der Waals surface area contributed by atoms with Crippen LogP contribution in [0.4, 0.5) is 0 Å². The highest BCUT2D eigenvalue weighted by molar-refractivity contribution is 5.76. The van der Waals surface area contributed by atoms with E-state index in [1.807, 2.05) is 29.2 Å². The Labute approximate surface area is 154 Å². The highest BCUT2D eigenvalue weighted by Crippen LogP contribution is 2.23. The van der Waals surface area contributed by atoms with E-state index in [1.165, 1.54) is 0 Å². The molecule has 0 N–H and O–H groups in total. The van der Waals surface area contributed by atoms with E-state index in [9.17, 15) is 4.79 Å². The zero-order valence-corrected chi connectivity index (χ0v) is 15.8. The summed E-state index contributed by atoms with van der Waals surface area (Å²) < 4.78 is 11.0. The average Bonchev–Trinajstić information content (AvgIpc) is 3.15. The maximum absolute atomic E-state index is 12.4. The summed E-state index contributed by atoms with van der Waals surface area (Å²) in [7, 11) is 1.64. The Morgan fingerprint density at radius 2 is 1.88 bits per heavy atom. The van der Waals surface area contributed by atoms with Crippen LogP contribution in [0.15, 0.2) is 34.9 Å². The Kier molecular flexibility index (Phi) is 5.93. The Morgan fingerprint density at radius 3 is 2.50 bits per heavy atom. The summed E-state index contributed by atoms with van der Waals surface area (Å²) >= 11 is 0. The third kappa shape index (κ3) is 4.43. The van der Waals surface area contributed by atoms with Gasteiger partial charge in [0.05, 0.1) is 13.3 Å². The van der Waals surface area contributed by atoms with Crippen LogP contribution in [0.5, 0.6) is 5.75 Å². The molecule has 0 aliphatic carbocycles. The zero-order chi connectivity index (χ0) is 18.5. The van der Waals surface area contributed by atoms with Crippen molar-refractivity contribution in [3.05, 3.63) is 36.4 Å². The number of piperazine rings is 1. The van der Waals surface area contributed by atoms with Crippen molar-refractivity contribution in [3.63, 3.8) is 0 Å². The van der Waals surface area contributed by atoms with E-state index in [1.54, 1.807) is 13.3 Å². The molecule has 1 aromatic heterocycles. The molecule has 0 saturated carbocycles. The van der Waals surface area contributed by atoms with Gasteiger partial charge in [-0.3, -0.25) is 9.69 Å². The first kappa shape index (κ1) is 18.5. The summed E-state index contributed by atoms with van der Waals surface area (Å²) in [6.07, 6.45) is 2.67. The molecule has 26 heavy (non-hydrogen) atoms. The van der Waals surface area contributed by atoms with Gasteiger partial charge in [0.2, 0.25) is 5.91 Å². The molecule has 0 unspecified atom stereocenters. The molecule has 1 saturated heterocycles. The molecule has 2 heterocycles. The molecule has 1 aromatic carbocycles. The van der Waals surface area contributed by atoms with Crippen LogP contribution < -0.4 is 4.74 Å². The number of hydrogen-bond acceptors (Lipinski definition) is 5. The number of carbonyl (C=O) groups excluding carboxylic acids is 1. The molecular weight excluding hydrogens is 330 g/mol. The minimum atomic E-state index is 0.178. The quantitative estimate of drug-likeness (QED) is 0.796. The number of ether oxygens (including phenoxy) is 1. The number of aryl methyl sites for hydroxylation is 1. The van der Waals surface area contributed by atoms with Crippen molar-refractivity contribution in [2.45, 2.75) is 32.7 Å². The summed E-state index contributed by atoms with van der Waals surface area (Å²) in [4.78, 5) is 21.1. The molecule has 0 spiro atoms. The second kappa shape index (κ2) is 8.36. The van der Waals surface area contributed by atoms with Crippen molar-refractivity contribution in [3.8, 4) is 17.1 Å². The van der Waals surface area contributed by atoms with Crippen LogP contribution in [-0.2, 0) is 11.2 Å². The van der Waals surface area contributed by atoms with Gasteiger partial charge in [-0.25, -0.2) is 4.98 Å². The van der Waals surface area contributed by atoms with Crippen LogP contribution in [0.1, 0.15) is 26.2 Å². The number of hydrogen-bond donors (Lipinski definition) is 0. The second-order valence-corrected chi connectivity index (χ2v) is 6.86. The summed E-state index contributed by atoms with van der Waals surface area (Å²) in [5.41, 5.74) is 0.945. The van der Waals surface area contributed by atoms with Gasteiger partial charge in [-0.05, 0) is 38.1 Å². The molecule has 3 rings (SSSR count). The minimum absolute atomic E-state index is 0.178. The van der Waals surface area contributed by atoms with E-state index in [-0.39, 0.29) is 5.91 Å².